The van der Waals surface area contributed by atoms with Gasteiger partial charge in [-0.15, -0.1) is 0 Å². The Morgan fingerprint density at radius 3 is 2.38 bits per heavy atom. The summed E-state index contributed by atoms with van der Waals surface area (Å²) >= 11 is 0. The molecule has 0 saturated carbocycles. The van der Waals surface area contributed by atoms with E-state index in [2.05, 4.69) is 15.6 Å². The van der Waals surface area contributed by atoms with E-state index in [1.54, 1.807) is 37.5 Å². The lowest BCUT2D eigenvalue weighted by molar-refractivity contribution is 0.0166. The van der Waals surface area contributed by atoms with Gasteiger partial charge in [0.25, 0.3) is 11.8 Å². The molecule has 0 fully saturated rings. The smallest absolute Gasteiger partial charge is 0.260 e. The van der Waals surface area contributed by atoms with Crippen LogP contribution < -0.4 is 30.9 Å². The van der Waals surface area contributed by atoms with Crippen molar-refractivity contribution >= 4 is 40.6 Å². The molecule has 0 spiro atoms. The van der Waals surface area contributed by atoms with Crippen LogP contribution in [0, 0.1) is 0 Å². The average molecular weight is 580 g/mol. The number of hydrogen-bond acceptors (Lipinski definition) is 11. The molecule has 0 atom stereocenters. The molecule has 2 aromatic carbocycles. The van der Waals surface area contributed by atoms with Crippen molar-refractivity contribution in [3.05, 3.63) is 59.8 Å². The fourth-order valence-corrected chi connectivity index (χ4v) is 4.28. The predicted octanol–water partition coefficient (Wildman–Crippen LogP) is 2.33. The molecule has 3 aromatic rings. The van der Waals surface area contributed by atoms with Gasteiger partial charge in [0.15, 0.2) is 5.82 Å². The van der Waals surface area contributed by atoms with Crippen LogP contribution in [-0.4, -0.2) is 95.7 Å². The molecule has 4 rings (SSSR count). The maximum absolute atomic E-state index is 13.0. The van der Waals surface area contributed by atoms with Gasteiger partial charge in [-0.3, -0.25) is 9.59 Å². The highest BCUT2D eigenvalue weighted by molar-refractivity contribution is 6.13. The maximum atomic E-state index is 13.0. The lowest BCUT2D eigenvalue weighted by Gasteiger charge is -2.21. The van der Waals surface area contributed by atoms with Crippen molar-refractivity contribution < 1.29 is 28.5 Å². The lowest BCUT2D eigenvalue weighted by Crippen LogP contribution is -2.27. The molecule has 0 aliphatic carbocycles. The Bertz CT molecular complexity index is 1370. The lowest BCUT2D eigenvalue weighted by atomic mass is 10.1. The molecule has 2 amide bonds. The summed E-state index contributed by atoms with van der Waals surface area (Å²) in [4.78, 5) is 38.2. The van der Waals surface area contributed by atoms with Crippen LogP contribution in [0.5, 0.6) is 5.75 Å². The average Bonchev–Trinajstić information content (AvgIpc) is 3.09. The fraction of sp³-hybridized carbons (Fsp3) is 0.379. The number of carbonyl (C=O) groups is 2. The van der Waals surface area contributed by atoms with Crippen molar-refractivity contribution in [2.24, 2.45) is 5.73 Å². The monoisotopic (exact) mass is 579 g/mol. The van der Waals surface area contributed by atoms with E-state index >= 15 is 0 Å². The molecule has 0 bridgehead atoms. The number of aromatic nitrogens is 2. The second-order valence-electron chi connectivity index (χ2n) is 9.26. The summed E-state index contributed by atoms with van der Waals surface area (Å²) in [5, 5.41) is 6.00. The number of benzene rings is 2. The molecule has 0 unspecified atom stereocenters. The summed E-state index contributed by atoms with van der Waals surface area (Å²) in [5.41, 5.74) is 8.25. The number of nitrogens with one attached hydrogen (secondary N) is 2. The molecule has 1 aliphatic heterocycles. The van der Waals surface area contributed by atoms with E-state index in [0.717, 1.165) is 5.69 Å². The molecule has 0 radical (unpaired) electrons. The van der Waals surface area contributed by atoms with E-state index in [4.69, 9.17) is 29.7 Å². The standard InChI is InChI=1S/C29H37N7O6/c1-35-23-7-5-4-6-21(23)28(38)36(2)24-19-32-29(34-26(24)35)33-22-9-8-20(18-25(22)39-3)27(37)31-11-13-41-15-17-42-16-14-40-12-10-30/h4-9,18-19H,10-17,30H2,1-3H3,(H,31,37)(H,32,33,34). The Balaban J connectivity index is 1.33. The van der Waals surface area contributed by atoms with E-state index in [0.29, 0.717) is 92.7 Å². The molecule has 224 valence electrons. The number of fused-ring (bicyclic) bond motifs is 2. The summed E-state index contributed by atoms with van der Waals surface area (Å²) in [6, 6.07) is 12.4. The van der Waals surface area contributed by atoms with E-state index in [1.807, 2.05) is 30.1 Å². The van der Waals surface area contributed by atoms with Crippen LogP contribution in [0.1, 0.15) is 20.7 Å². The Kier molecular flexibility index (Phi) is 11.0. The Hall–Kier alpha value is -4.30. The van der Waals surface area contributed by atoms with Crippen molar-refractivity contribution in [1.82, 2.24) is 15.3 Å². The first-order valence-corrected chi connectivity index (χ1v) is 13.6. The van der Waals surface area contributed by atoms with E-state index < -0.39 is 0 Å². The first-order valence-electron chi connectivity index (χ1n) is 13.6. The van der Waals surface area contributed by atoms with Gasteiger partial charge in [-0.2, -0.15) is 4.98 Å². The zero-order chi connectivity index (χ0) is 29.9. The van der Waals surface area contributed by atoms with Gasteiger partial charge in [0.2, 0.25) is 5.95 Å². The summed E-state index contributed by atoms with van der Waals surface area (Å²) in [6.45, 7) is 3.54. The molecule has 1 aliphatic rings. The number of carbonyl (C=O) groups excluding carboxylic acids is 2. The van der Waals surface area contributed by atoms with Crippen LogP contribution in [0.4, 0.5) is 28.8 Å². The van der Waals surface area contributed by atoms with Crippen molar-refractivity contribution in [2.45, 2.75) is 0 Å². The SMILES string of the molecule is COc1cc(C(=O)NCCOCCOCCOCCN)ccc1Nc1ncc2c(n1)N(C)c1ccccc1C(=O)N2C. The van der Waals surface area contributed by atoms with Gasteiger partial charge in [-0.1, -0.05) is 12.1 Å². The zero-order valence-electron chi connectivity index (χ0n) is 24.1. The predicted molar refractivity (Wildman–Crippen MR) is 159 cm³/mol. The molecule has 4 N–H and O–H groups in total. The van der Waals surface area contributed by atoms with Crippen LogP contribution in [0.3, 0.4) is 0 Å². The van der Waals surface area contributed by atoms with Crippen LogP contribution >= 0.6 is 0 Å². The van der Waals surface area contributed by atoms with Gasteiger partial charge in [-0.05, 0) is 30.3 Å². The Morgan fingerprint density at radius 2 is 1.64 bits per heavy atom. The van der Waals surface area contributed by atoms with Crippen LogP contribution in [0.25, 0.3) is 0 Å². The first-order chi connectivity index (χ1) is 20.4. The molecular formula is C29H37N7O6. The van der Waals surface area contributed by atoms with Crippen molar-refractivity contribution in [3.8, 4) is 5.75 Å². The van der Waals surface area contributed by atoms with Crippen LogP contribution in [0.2, 0.25) is 0 Å². The normalized spacial score (nSPS) is 12.4. The largest absolute Gasteiger partial charge is 0.495 e. The highest BCUT2D eigenvalue weighted by Crippen LogP contribution is 2.38. The fourth-order valence-electron chi connectivity index (χ4n) is 4.28. The molecule has 0 saturated heterocycles. The minimum Gasteiger partial charge on any atom is -0.495 e. The van der Waals surface area contributed by atoms with Gasteiger partial charge in [-0.25, -0.2) is 4.98 Å². The third-order valence-electron chi connectivity index (χ3n) is 6.48. The summed E-state index contributed by atoms with van der Waals surface area (Å²) in [7, 11) is 5.07. The molecule has 13 nitrogen and oxygen atoms in total. The molecule has 1 aromatic heterocycles. The highest BCUT2D eigenvalue weighted by atomic mass is 16.5. The number of ether oxygens (including phenoxy) is 4. The topological polar surface area (TPSA) is 153 Å². The molecular weight excluding hydrogens is 542 g/mol. The van der Waals surface area contributed by atoms with Crippen molar-refractivity contribution in [3.63, 3.8) is 0 Å². The molecule has 13 heteroatoms. The van der Waals surface area contributed by atoms with E-state index in [1.165, 1.54) is 12.0 Å². The summed E-state index contributed by atoms with van der Waals surface area (Å²) in [6.07, 6.45) is 1.60. The number of methoxy groups -OCH3 is 1. The second kappa shape index (κ2) is 15.1. The number of para-hydroxylation sites is 1. The van der Waals surface area contributed by atoms with Crippen LogP contribution in [-0.2, 0) is 14.2 Å². The Morgan fingerprint density at radius 1 is 0.929 bits per heavy atom. The third kappa shape index (κ3) is 7.50. The van der Waals surface area contributed by atoms with Gasteiger partial charge in [0.05, 0.1) is 69.9 Å². The van der Waals surface area contributed by atoms with Crippen LogP contribution in [0.15, 0.2) is 48.7 Å². The number of amides is 2. The maximum Gasteiger partial charge on any atom is 0.260 e. The Labute approximate surface area is 244 Å². The quantitative estimate of drug-likeness (QED) is 0.227. The van der Waals surface area contributed by atoms with Gasteiger partial charge in [0.1, 0.15) is 11.4 Å². The summed E-state index contributed by atoms with van der Waals surface area (Å²) < 4.78 is 21.6. The minimum atomic E-state index is -0.258. The van der Waals surface area contributed by atoms with Crippen molar-refractivity contribution in [2.75, 3.05) is 89.1 Å². The van der Waals surface area contributed by atoms with E-state index in [9.17, 15) is 9.59 Å². The summed E-state index contributed by atoms with van der Waals surface area (Å²) in [5.74, 6) is 0.910. The van der Waals surface area contributed by atoms with Crippen molar-refractivity contribution in [1.29, 1.82) is 0 Å². The van der Waals surface area contributed by atoms with E-state index in [-0.39, 0.29) is 11.8 Å². The first kappa shape index (κ1) is 30.7. The molecule has 2 heterocycles. The highest BCUT2D eigenvalue weighted by Gasteiger charge is 2.28. The third-order valence-corrected chi connectivity index (χ3v) is 6.48. The second-order valence-corrected chi connectivity index (χ2v) is 9.26. The minimum absolute atomic E-state index is 0.142. The number of anilines is 5. The zero-order valence-corrected chi connectivity index (χ0v) is 24.1. The number of rotatable bonds is 15. The van der Waals surface area contributed by atoms with Gasteiger partial charge < -0.3 is 45.1 Å². The number of hydrogen-bond donors (Lipinski definition) is 3. The van der Waals surface area contributed by atoms with Gasteiger partial charge >= 0.3 is 0 Å². The van der Waals surface area contributed by atoms with Gasteiger partial charge in [0, 0.05) is 32.7 Å². The molecule has 42 heavy (non-hydrogen) atoms. The number of nitrogens with zero attached hydrogens (tertiary/aromatic N) is 4. The number of nitrogens with two attached hydrogens (primary N) is 1.